The Morgan fingerprint density at radius 2 is 1.89 bits per heavy atom. The van der Waals surface area contributed by atoms with Gasteiger partial charge in [0.2, 0.25) is 0 Å². The van der Waals surface area contributed by atoms with Crippen LogP contribution in [0, 0.1) is 11.8 Å². The summed E-state index contributed by atoms with van der Waals surface area (Å²) in [7, 11) is 0. The Balaban J connectivity index is 1.87. The molecule has 0 spiro atoms. The molecule has 0 bridgehead atoms. The lowest BCUT2D eigenvalue weighted by atomic mass is 9.80. The highest BCUT2D eigenvalue weighted by molar-refractivity contribution is 5.94. The van der Waals surface area contributed by atoms with Crippen LogP contribution in [0.5, 0.6) is 0 Å². The van der Waals surface area contributed by atoms with Crippen molar-refractivity contribution >= 4 is 11.5 Å². The molecule has 0 aliphatic heterocycles. The molecule has 2 heteroatoms. The van der Waals surface area contributed by atoms with Crippen molar-refractivity contribution in [1.82, 2.24) is 0 Å². The first kappa shape index (κ1) is 13.1. The minimum Gasteiger partial charge on any atom is -0.385 e. The minimum atomic E-state index is 0.127. The first-order valence-corrected chi connectivity index (χ1v) is 7.01. The van der Waals surface area contributed by atoms with Crippen LogP contribution >= 0.6 is 0 Å². The Kier molecular flexibility index (Phi) is 4.40. The lowest BCUT2D eigenvalue weighted by molar-refractivity contribution is 0.101. The van der Waals surface area contributed by atoms with Crippen molar-refractivity contribution in [2.45, 2.75) is 39.5 Å². The van der Waals surface area contributed by atoms with Crippen molar-refractivity contribution in [3.8, 4) is 0 Å². The molecular weight excluding hydrogens is 222 g/mol. The van der Waals surface area contributed by atoms with Crippen LogP contribution in [0.3, 0.4) is 0 Å². The zero-order valence-electron chi connectivity index (χ0n) is 11.4. The van der Waals surface area contributed by atoms with Gasteiger partial charge in [-0.2, -0.15) is 0 Å². The SMILES string of the molecule is CC(=O)c1ccc(NCC2CCCCC2C)cc1. The smallest absolute Gasteiger partial charge is 0.159 e. The number of anilines is 1. The van der Waals surface area contributed by atoms with E-state index in [0.717, 1.165) is 29.6 Å². The summed E-state index contributed by atoms with van der Waals surface area (Å²) in [6, 6.07) is 7.80. The fourth-order valence-electron chi connectivity index (χ4n) is 2.77. The summed E-state index contributed by atoms with van der Waals surface area (Å²) in [5.74, 6) is 1.76. The van der Waals surface area contributed by atoms with E-state index in [-0.39, 0.29) is 5.78 Å². The molecular formula is C16H23NO. The van der Waals surface area contributed by atoms with E-state index in [0.29, 0.717) is 0 Å². The maximum atomic E-state index is 11.2. The summed E-state index contributed by atoms with van der Waals surface area (Å²) in [6.45, 7) is 5.02. The predicted molar refractivity (Wildman–Crippen MR) is 76.1 cm³/mol. The molecule has 1 aliphatic carbocycles. The molecule has 0 amide bonds. The molecule has 1 saturated carbocycles. The molecule has 2 unspecified atom stereocenters. The Morgan fingerprint density at radius 1 is 1.22 bits per heavy atom. The van der Waals surface area contributed by atoms with Crippen molar-refractivity contribution in [1.29, 1.82) is 0 Å². The van der Waals surface area contributed by atoms with Crippen LogP contribution in [0.15, 0.2) is 24.3 Å². The maximum absolute atomic E-state index is 11.2. The van der Waals surface area contributed by atoms with Crippen molar-refractivity contribution in [2.75, 3.05) is 11.9 Å². The fourth-order valence-corrected chi connectivity index (χ4v) is 2.77. The normalized spacial score (nSPS) is 23.7. The lowest BCUT2D eigenvalue weighted by Crippen LogP contribution is -2.24. The Bertz CT molecular complexity index is 396. The number of hydrogen-bond acceptors (Lipinski definition) is 2. The standard InChI is InChI=1S/C16H23NO/c1-12-5-3-4-6-15(12)11-17-16-9-7-14(8-10-16)13(2)18/h7-10,12,15,17H,3-6,11H2,1-2H3. The zero-order chi connectivity index (χ0) is 13.0. The van der Waals surface area contributed by atoms with Gasteiger partial charge in [-0.05, 0) is 49.4 Å². The van der Waals surface area contributed by atoms with Crippen molar-refractivity contribution in [3.63, 3.8) is 0 Å². The molecule has 0 heterocycles. The van der Waals surface area contributed by atoms with Gasteiger partial charge in [0.1, 0.15) is 0 Å². The predicted octanol–water partition coefficient (Wildman–Crippen LogP) is 4.13. The third-order valence-corrected chi connectivity index (χ3v) is 4.15. The highest BCUT2D eigenvalue weighted by atomic mass is 16.1. The van der Waals surface area contributed by atoms with E-state index in [9.17, 15) is 4.79 Å². The summed E-state index contributed by atoms with van der Waals surface area (Å²) in [6.07, 6.45) is 5.49. The highest BCUT2D eigenvalue weighted by Crippen LogP contribution is 2.29. The second-order valence-corrected chi connectivity index (χ2v) is 5.54. The average molecular weight is 245 g/mol. The van der Waals surface area contributed by atoms with Gasteiger partial charge < -0.3 is 5.32 Å². The van der Waals surface area contributed by atoms with Gasteiger partial charge in [0.15, 0.2) is 5.78 Å². The molecule has 1 fully saturated rings. The number of carbonyl (C=O) groups is 1. The first-order valence-electron chi connectivity index (χ1n) is 7.01. The van der Waals surface area contributed by atoms with Crippen LogP contribution in [0.4, 0.5) is 5.69 Å². The van der Waals surface area contributed by atoms with Crippen LogP contribution in [0.25, 0.3) is 0 Å². The maximum Gasteiger partial charge on any atom is 0.159 e. The van der Waals surface area contributed by atoms with Gasteiger partial charge in [0.25, 0.3) is 0 Å². The molecule has 0 aromatic heterocycles. The van der Waals surface area contributed by atoms with E-state index in [1.54, 1.807) is 6.92 Å². The first-order chi connectivity index (χ1) is 8.66. The molecule has 0 radical (unpaired) electrons. The van der Waals surface area contributed by atoms with Crippen LogP contribution in [-0.2, 0) is 0 Å². The van der Waals surface area contributed by atoms with E-state index in [1.807, 2.05) is 24.3 Å². The van der Waals surface area contributed by atoms with Crippen molar-refractivity contribution in [3.05, 3.63) is 29.8 Å². The molecule has 2 atom stereocenters. The molecule has 1 N–H and O–H groups in total. The Labute approximate surface area is 110 Å². The summed E-state index contributed by atoms with van der Waals surface area (Å²) in [5, 5.41) is 3.50. The van der Waals surface area contributed by atoms with Crippen LogP contribution < -0.4 is 5.32 Å². The number of rotatable bonds is 4. The third-order valence-electron chi connectivity index (χ3n) is 4.15. The molecule has 2 nitrogen and oxygen atoms in total. The molecule has 98 valence electrons. The van der Waals surface area contributed by atoms with Gasteiger partial charge in [-0.15, -0.1) is 0 Å². The minimum absolute atomic E-state index is 0.127. The number of ketones is 1. The molecule has 18 heavy (non-hydrogen) atoms. The molecule has 1 aromatic rings. The van der Waals surface area contributed by atoms with Crippen molar-refractivity contribution < 1.29 is 4.79 Å². The summed E-state index contributed by atoms with van der Waals surface area (Å²) < 4.78 is 0. The van der Waals surface area contributed by atoms with Gasteiger partial charge in [0.05, 0.1) is 0 Å². The molecule has 1 aliphatic rings. The summed E-state index contributed by atoms with van der Waals surface area (Å²) in [5.41, 5.74) is 1.91. The number of carbonyl (C=O) groups excluding carboxylic acids is 1. The Hall–Kier alpha value is -1.31. The molecule has 1 aromatic carbocycles. The van der Waals surface area contributed by atoms with E-state index >= 15 is 0 Å². The van der Waals surface area contributed by atoms with Crippen LogP contribution in [0.2, 0.25) is 0 Å². The van der Waals surface area contributed by atoms with Crippen LogP contribution in [0.1, 0.15) is 49.9 Å². The molecule has 0 saturated heterocycles. The van der Waals surface area contributed by atoms with E-state index < -0.39 is 0 Å². The average Bonchev–Trinajstić information content (AvgIpc) is 2.38. The number of benzene rings is 1. The summed E-state index contributed by atoms with van der Waals surface area (Å²) in [4.78, 5) is 11.2. The number of hydrogen-bond donors (Lipinski definition) is 1. The van der Waals surface area contributed by atoms with Crippen molar-refractivity contribution in [2.24, 2.45) is 11.8 Å². The van der Waals surface area contributed by atoms with Gasteiger partial charge in [-0.25, -0.2) is 0 Å². The lowest BCUT2D eigenvalue weighted by Gasteiger charge is -2.29. The number of Topliss-reactive ketones (excluding diaryl/α,β-unsaturated/α-hetero) is 1. The monoisotopic (exact) mass is 245 g/mol. The quantitative estimate of drug-likeness (QED) is 0.808. The molecule has 2 rings (SSSR count). The van der Waals surface area contributed by atoms with Gasteiger partial charge in [0, 0.05) is 17.8 Å². The second kappa shape index (κ2) is 6.03. The van der Waals surface area contributed by atoms with Gasteiger partial charge in [-0.1, -0.05) is 26.2 Å². The largest absolute Gasteiger partial charge is 0.385 e. The second-order valence-electron chi connectivity index (χ2n) is 5.54. The summed E-state index contributed by atoms with van der Waals surface area (Å²) >= 11 is 0. The van der Waals surface area contributed by atoms with Gasteiger partial charge in [-0.3, -0.25) is 4.79 Å². The van der Waals surface area contributed by atoms with Gasteiger partial charge >= 0.3 is 0 Å². The fraction of sp³-hybridized carbons (Fsp3) is 0.562. The Morgan fingerprint density at radius 3 is 2.50 bits per heavy atom. The zero-order valence-corrected chi connectivity index (χ0v) is 11.4. The van der Waals surface area contributed by atoms with E-state index in [4.69, 9.17) is 0 Å². The topological polar surface area (TPSA) is 29.1 Å². The van der Waals surface area contributed by atoms with Crippen LogP contribution in [-0.4, -0.2) is 12.3 Å². The van der Waals surface area contributed by atoms with E-state index in [2.05, 4.69) is 12.2 Å². The number of nitrogens with one attached hydrogen (secondary N) is 1. The van der Waals surface area contributed by atoms with E-state index in [1.165, 1.54) is 25.7 Å². The highest BCUT2D eigenvalue weighted by Gasteiger charge is 2.20. The third kappa shape index (κ3) is 3.34.